The summed E-state index contributed by atoms with van der Waals surface area (Å²) < 4.78 is 0. The Morgan fingerprint density at radius 3 is 2.87 bits per heavy atom. The van der Waals surface area contributed by atoms with E-state index in [1.54, 1.807) is 0 Å². The Kier molecular flexibility index (Phi) is 1.27. The molecule has 1 heteroatoms. The third kappa shape index (κ3) is 0.661. The van der Waals surface area contributed by atoms with E-state index in [2.05, 4.69) is 13.8 Å². The first-order valence-electron chi connectivity index (χ1n) is 6.38. The third-order valence-electron chi connectivity index (χ3n) is 6.34. The summed E-state index contributed by atoms with van der Waals surface area (Å²) in [6.07, 6.45) is 5.38. The minimum absolute atomic E-state index is 0.434. The molecule has 0 N–H and O–H groups in total. The third-order valence-corrected chi connectivity index (χ3v) is 6.34. The van der Waals surface area contributed by atoms with Crippen molar-refractivity contribution >= 4 is 5.78 Å². The predicted octanol–water partition coefficient (Wildman–Crippen LogP) is 2.96. The Morgan fingerprint density at radius 1 is 1.27 bits per heavy atom. The smallest absolute Gasteiger partial charge is 0.162 e. The summed E-state index contributed by atoms with van der Waals surface area (Å²) in [4.78, 5) is 12.3. The lowest BCUT2D eigenvalue weighted by atomic mass is 9.40. The molecule has 1 spiro atoms. The molecule has 0 heterocycles. The van der Waals surface area contributed by atoms with E-state index >= 15 is 0 Å². The summed E-state index contributed by atoms with van der Waals surface area (Å²) in [7, 11) is 0. The van der Waals surface area contributed by atoms with Crippen LogP contribution >= 0.6 is 0 Å². The van der Waals surface area contributed by atoms with Gasteiger partial charge in [-0.3, -0.25) is 4.79 Å². The van der Waals surface area contributed by atoms with Gasteiger partial charge in [-0.15, -0.1) is 0 Å². The van der Waals surface area contributed by atoms with Crippen molar-refractivity contribution in [1.29, 1.82) is 0 Å². The van der Waals surface area contributed by atoms with Crippen LogP contribution in [0.2, 0.25) is 0 Å². The maximum atomic E-state index is 12.3. The molecule has 3 saturated carbocycles. The van der Waals surface area contributed by atoms with E-state index in [9.17, 15) is 4.79 Å². The van der Waals surface area contributed by atoms with Crippen LogP contribution in [0.1, 0.15) is 39.5 Å². The molecule has 0 aromatic heterocycles. The van der Waals surface area contributed by atoms with Gasteiger partial charge in [0.15, 0.2) is 5.78 Å². The van der Waals surface area contributed by atoms with Gasteiger partial charge in [-0.05, 0) is 68.3 Å². The number of hydrogen-bond acceptors (Lipinski definition) is 1. The predicted molar refractivity (Wildman–Crippen MR) is 58.2 cm³/mol. The molecule has 0 aliphatic heterocycles. The van der Waals surface area contributed by atoms with E-state index in [4.69, 9.17) is 0 Å². The largest absolute Gasteiger partial charge is 0.294 e. The Morgan fingerprint density at radius 2 is 2.07 bits per heavy atom. The number of allylic oxidation sites excluding steroid dienone is 2. The summed E-state index contributed by atoms with van der Waals surface area (Å²) in [5.74, 6) is 3.54. The normalized spacial score (nSPS) is 55.7. The molecule has 5 rings (SSSR count). The first-order chi connectivity index (χ1) is 7.16. The quantitative estimate of drug-likeness (QED) is 0.590. The Bertz CT molecular complexity index is 406. The van der Waals surface area contributed by atoms with E-state index in [1.165, 1.54) is 31.3 Å². The molecule has 3 fully saturated rings. The molecule has 5 aliphatic rings. The first-order valence-corrected chi connectivity index (χ1v) is 6.38. The highest BCUT2D eigenvalue weighted by atomic mass is 16.1. The van der Waals surface area contributed by atoms with Crippen molar-refractivity contribution in [2.45, 2.75) is 39.5 Å². The molecule has 0 amide bonds. The van der Waals surface area contributed by atoms with Gasteiger partial charge in [0.1, 0.15) is 0 Å². The fourth-order valence-electron chi connectivity index (χ4n) is 5.38. The Hall–Kier alpha value is -0.590. The average Bonchev–Trinajstić information content (AvgIpc) is 2.30. The molecule has 1 nitrogen and oxygen atoms in total. The number of Topliss-reactive ketones (excluding diaryl/α,β-unsaturated/α-hetero) is 1. The molecule has 80 valence electrons. The highest BCUT2D eigenvalue weighted by molar-refractivity contribution is 5.99. The second-order valence-electron chi connectivity index (χ2n) is 6.26. The number of hydrogen-bond donors (Lipinski definition) is 0. The van der Waals surface area contributed by atoms with Crippen LogP contribution in [-0.2, 0) is 4.79 Å². The molecular formula is C14H18O. The van der Waals surface area contributed by atoms with Gasteiger partial charge >= 0.3 is 0 Å². The molecule has 15 heavy (non-hydrogen) atoms. The van der Waals surface area contributed by atoms with E-state index in [0.29, 0.717) is 17.1 Å². The number of rotatable bonds is 0. The maximum Gasteiger partial charge on any atom is 0.162 e. The van der Waals surface area contributed by atoms with Crippen molar-refractivity contribution in [2.24, 2.45) is 29.1 Å². The van der Waals surface area contributed by atoms with E-state index in [1.807, 2.05) is 0 Å². The first kappa shape index (κ1) is 8.55. The van der Waals surface area contributed by atoms with Crippen LogP contribution in [0.5, 0.6) is 0 Å². The summed E-state index contributed by atoms with van der Waals surface area (Å²) >= 11 is 0. The van der Waals surface area contributed by atoms with Gasteiger partial charge in [0.2, 0.25) is 0 Å². The van der Waals surface area contributed by atoms with Crippen LogP contribution in [0.3, 0.4) is 0 Å². The van der Waals surface area contributed by atoms with E-state index in [-0.39, 0.29) is 0 Å². The highest BCUT2D eigenvalue weighted by Crippen LogP contribution is 2.77. The molecule has 0 saturated heterocycles. The number of carbonyl (C=O) groups excluding carboxylic acids is 1. The molecule has 5 unspecified atom stereocenters. The summed E-state index contributed by atoms with van der Waals surface area (Å²) in [5, 5.41) is 0. The zero-order valence-electron chi connectivity index (χ0n) is 9.55. The standard InChI is InChI=1S/C14H18O/c1-7-8(2)13(15)12-5-9-3-4-11-10(7)6-14(9,11)12/h9-12H,3-6H2,1-2H3. The van der Waals surface area contributed by atoms with Gasteiger partial charge in [0.05, 0.1) is 0 Å². The van der Waals surface area contributed by atoms with Crippen LogP contribution in [-0.4, -0.2) is 5.78 Å². The van der Waals surface area contributed by atoms with Crippen molar-refractivity contribution < 1.29 is 4.79 Å². The lowest BCUT2D eigenvalue weighted by molar-refractivity contribution is -0.167. The van der Waals surface area contributed by atoms with Crippen molar-refractivity contribution in [3.8, 4) is 0 Å². The van der Waals surface area contributed by atoms with Crippen molar-refractivity contribution in [3.63, 3.8) is 0 Å². The topological polar surface area (TPSA) is 17.1 Å². The van der Waals surface area contributed by atoms with Crippen LogP contribution in [0.25, 0.3) is 0 Å². The van der Waals surface area contributed by atoms with Crippen LogP contribution in [0.4, 0.5) is 0 Å². The van der Waals surface area contributed by atoms with Gasteiger partial charge in [0.25, 0.3) is 0 Å². The second-order valence-corrected chi connectivity index (χ2v) is 6.26. The molecular weight excluding hydrogens is 184 g/mol. The molecule has 0 aromatic carbocycles. The highest BCUT2D eigenvalue weighted by Gasteiger charge is 2.72. The summed E-state index contributed by atoms with van der Waals surface area (Å²) in [6, 6.07) is 0. The maximum absolute atomic E-state index is 12.3. The number of ketones is 1. The lowest BCUT2D eigenvalue weighted by Gasteiger charge is -2.63. The molecule has 2 bridgehead atoms. The van der Waals surface area contributed by atoms with E-state index < -0.39 is 0 Å². The summed E-state index contributed by atoms with van der Waals surface area (Å²) in [6.45, 7) is 4.28. The lowest BCUT2D eigenvalue weighted by Crippen LogP contribution is -2.60. The monoisotopic (exact) mass is 202 g/mol. The fourth-order valence-corrected chi connectivity index (χ4v) is 5.38. The zero-order valence-corrected chi connectivity index (χ0v) is 9.55. The van der Waals surface area contributed by atoms with Crippen LogP contribution < -0.4 is 0 Å². The Labute approximate surface area is 90.9 Å². The zero-order chi connectivity index (χ0) is 10.4. The average molecular weight is 202 g/mol. The number of fused-ring (bicyclic) bond motifs is 1. The molecule has 5 aliphatic carbocycles. The van der Waals surface area contributed by atoms with Gasteiger partial charge in [0, 0.05) is 5.92 Å². The second kappa shape index (κ2) is 2.23. The molecule has 5 atom stereocenters. The SMILES string of the molecule is CC1=C(C)C2CC34C(CCC23)CC4C1=O. The Balaban J connectivity index is 1.89. The van der Waals surface area contributed by atoms with Gasteiger partial charge in [-0.2, -0.15) is 0 Å². The van der Waals surface area contributed by atoms with Crippen molar-refractivity contribution in [1.82, 2.24) is 0 Å². The van der Waals surface area contributed by atoms with E-state index in [0.717, 1.165) is 23.3 Å². The van der Waals surface area contributed by atoms with Gasteiger partial charge < -0.3 is 0 Å². The van der Waals surface area contributed by atoms with Gasteiger partial charge in [-0.1, -0.05) is 5.57 Å². The minimum Gasteiger partial charge on any atom is -0.294 e. The molecule has 0 radical (unpaired) electrons. The number of carbonyl (C=O) groups is 1. The molecule has 0 aromatic rings. The van der Waals surface area contributed by atoms with Gasteiger partial charge in [-0.25, -0.2) is 0 Å². The fraction of sp³-hybridized carbons (Fsp3) is 0.786. The summed E-state index contributed by atoms with van der Waals surface area (Å²) in [5.41, 5.74) is 3.07. The van der Waals surface area contributed by atoms with Crippen molar-refractivity contribution in [2.75, 3.05) is 0 Å². The van der Waals surface area contributed by atoms with Crippen molar-refractivity contribution in [3.05, 3.63) is 11.1 Å². The minimum atomic E-state index is 0.434. The van der Waals surface area contributed by atoms with Crippen LogP contribution in [0.15, 0.2) is 11.1 Å². The van der Waals surface area contributed by atoms with Crippen LogP contribution in [0, 0.1) is 29.1 Å².